The van der Waals surface area contributed by atoms with Crippen LogP contribution >= 0.6 is 15.9 Å². The summed E-state index contributed by atoms with van der Waals surface area (Å²) in [6, 6.07) is 47.4. The molecule has 0 saturated carbocycles. The fraction of sp³-hybridized carbons (Fsp3) is 0.301. The molecule has 25 nitrogen and oxygen atoms in total. The zero-order chi connectivity index (χ0) is 83.2. The molecule has 3 aliphatic heterocycles. The second kappa shape index (κ2) is 35.7. The van der Waals surface area contributed by atoms with Crippen LogP contribution in [0.25, 0.3) is 34.9 Å². The Hall–Kier alpha value is -12.5. The lowest BCUT2D eigenvalue weighted by Crippen LogP contribution is -2.51. The largest absolute Gasteiger partial charge is 0.444 e. The standard InChI is InChI=1S/C32H30BrN7O.C32H31N7O2.C29H35N5O3/c1-21-3-8-28-29(15-21)25(20-40-10-9-35-22(40)2)16-24-17-26(33)19-36-30(24)31(28)38-11-13-39(14-12-38)32(41)37-27-6-4-23(18-34)5-7-27;1-21-5-10-25-26(16-21)27(31(40)28-19-34-20-37(28)2)17-23-4-3-11-35-29(23)30(25)38-12-14-39(15-13-38)32(41)36-24-8-6-22(18-33)7-9-24;1-20-7-8-23-24(16-20)22(18-34-11-10-30-25(34)19-35)17-21-6-5-9-31-26(21)27(23)32-12-14-33(15-13-32)28(36)37-29(2,3)4/h3-10,15-17,19,31H,11-14,20H2,1-2H3,(H,37,41);3-11,16-17,19-20,30-31,40H,12-15H2,1-2H3,(H,36,41);5-11,16-17,27,35H,12-15,18-19H2,1-4H3/t;30-,31?;/m.0./s1. The molecule has 9 heterocycles. The highest BCUT2D eigenvalue weighted by Gasteiger charge is 2.39. The van der Waals surface area contributed by atoms with Crippen molar-refractivity contribution in [1.29, 1.82) is 10.5 Å². The second-order valence-electron chi connectivity index (χ2n) is 31.9. The summed E-state index contributed by atoms with van der Waals surface area (Å²) in [4.78, 5) is 79.1. The minimum atomic E-state index is -0.863. The number of imidazole rings is 3. The van der Waals surface area contributed by atoms with Crippen molar-refractivity contribution in [1.82, 2.24) is 73.0 Å². The number of carbonyl (C=O) groups excluding carboxylic acids is 3. The number of allylic oxidation sites excluding steroid dienone is 2. The van der Waals surface area contributed by atoms with Crippen LogP contribution in [0.5, 0.6) is 0 Å². The van der Waals surface area contributed by atoms with E-state index in [-0.39, 0.29) is 42.9 Å². The number of aryl methyl sites for hydroxylation is 5. The number of amides is 5. The number of aliphatic hydroxyl groups is 2. The number of rotatable bonds is 12. The Labute approximate surface area is 701 Å². The Morgan fingerprint density at radius 2 is 0.992 bits per heavy atom. The third kappa shape index (κ3) is 18.3. The third-order valence-electron chi connectivity index (χ3n) is 22.7. The summed E-state index contributed by atoms with van der Waals surface area (Å²) < 4.78 is 12.6. The number of halogens is 1. The summed E-state index contributed by atoms with van der Waals surface area (Å²) >= 11 is 3.64. The van der Waals surface area contributed by atoms with Crippen molar-refractivity contribution in [3.8, 4) is 12.1 Å². The highest BCUT2D eigenvalue weighted by Crippen LogP contribution is 2.46. The van der Waals surface area contributed by atoms with Crippen LogP contribution in [0.15, 0.2) is 194 Å². The average molecular weight is 1660 g/mol. The van der Waals surface area contributed by atoms with Gasteiger partial charge in [-0.15, -0.1) is 0 Å². The molecule has 17 rings (SSSR count). The minimum Gasteiger partial charge on any atom is -0.444 e. The minimum absolute atomic E-state index is 0.0403. The van der Waals surface area contributed by atoms with E-state index in [1.54, 1.807) is 72.2 Å². The van der Waals surface area contributed by atoms with E-state index < -0.39 is 11.7 Å². The molecule has 11 aromatic rings. The number of anilines is 2. The lowest BCUT2D eigenvalue weighted by Gasteiger charge is -2.40. The summed E-state index contributed by atoms with van der Waals surface area (Å²) in [6.07, 6.45) is 21.9. The molecule has 4 atom stereocenters. The Balaban J connectivity index is 0.000000140. The van der Waals surface area contributed by atoms with Crippen LogP contribution in [0.4, 0.5) is 25.8 Å². The van der Waals surface area contributed by atoms with Crippen molar-refractivity contribution < 1.29 is 29.3 Å². The lowest BCUT2D eigenvalue weighted by atomic mass is 9.89. The van der Waals surface area contributed by atoms with Gasteiger partial charge in [0.1, 0.15) is 30.0 Å². The molecule has 6 aliphatic rings. The number of urea groups is 2. The monoisotopic (exact) mass is 1650 g/mol. The van der Waals surface area contributed by atoms with Gasteiger partial charge in [-0.05, 0) is 216 Å². The first-order chi connectivity index (χ1) is 57.5. The number of nitriles is 2. The van der Waals surface area contributed by atoms with Gasteiger partial charge in [0, 0.05) is 158 Å². The highest BCUT2D eigenvalue weighted by atomic mass is 79.9. The topological polar surface area (TPSA) is 284 Å². The molecule has 0 spiro atoms. The fourth-order valence-electron chi connectivity index (χ4n) is 16.6. The van der Waals surface area contributed by atoms with Gasteiger partial charge < -0.3 is 54.0 Å². The zero-order valence-electron chi connectivity index (χ0n) is 68.1. The molecule has 5 amide bonds. The van der Waals surface area contributed by atoms with Crippen LogP contribution in [0.2, 0.25) is 0 Å². The van der Waals surface area contributed by atoms with Crippen LogP contribution in [-0.4, -0.2) is 186 Å². The number of carbonyl (C=O) groups is 3. The molecule has 3 saturated heterocycles. The number of pyridine rings is 3. The first-order valence-electron chi connectivity index (χ1n) is 40.1. The molecule has 119 heavy (non-hydrogen) atoms. The molecule has 0 bridgehead atoms. The number of aliphatic hydroxyl groups excluding tert-OH is 2. The molecule has 3 unspecified atom stereocenters. The first kappa shape index (κ1) is 81.6. The van der Waals surface area contributed by atoms with E-state index in [9.17, 15) is 24.6 Å². The number of piperazine rings is 3. The zero-order valence-corrected chi connectivity index (χ0v) is 69.6. The molecule has 3 aliphatic carbocycles. The molecule has 3 fully saturated rings. The molecule has 6 aromatic heterocycles. The van der Waals surface area contributed by atoms with Crippen LogP contribution in [-0.2, 0) is 31.5 Å². The predicted octanol–water partition coefficient (Wildman–Crippen LogP) is 14.8. The fourth-order valence-corrected chi connectivity index (χ4v) is 16.9. The molecular weight excluding hydrogens is 1560 g/mol. The van der Waals surface area contributed by atoms with Crippen LogP contribution in [0.3, 0.4) is 0 Å². The van der Waals surface area contributed by atoms with Crippen molar-refractivity contribution in [3.63, 3.8) is 0 Å². The Morgan fingerprint density at radius 3 is 1.46 bits per heavy atom. The number of benzene rings is 5. The van der Waals surface area contributed by atoms with Gasteiger partial charge in [-0.25, -0.2) is 29.3 Å². The number of hydrogen-bond acceptors (Lipinski definition) is 17. The van der Waals surface area contributed by atoms with Gasteiger partial charge in [-0.3, -0.25) is 29.7 Å². The quantitative estimate of drug-likeness (QED) is 0.0884. The number of hydrogen-bond donors (Lipinski definition) is 4. The molecular formula is C93H96BrN19O6. The summed E-state index contributed by atoms with van der Waals surface area (Å²) in [5.74, 6) is 1.62. The number of ether oxygens (including phenoxy) is 1. The Kier molecular flexibility index (Phi) is 24.5. The number of aromatic nitrogens is 9. The summed E-state index contributed by atoms with van der Waals surface area (Å²) in [5.41, 5.74) is 22.3. The maximum Gasteiger partial charge on any atom is 0.410 e. The third-order valence-corrected chi connectivity index (χ3v) is 23.1. The van der Waals surface area contributed by atoms with Crippen molar-refractivity contribution in [2.45, 2.75) is 98.0 Å². The molecule has 26 heteroatoms. The maximum atomic E-state index is 13.1. The predicted molar refractivity (Wildman–Crippen MR) is 462 cm³/mol. The molecule has 0 radical (unpaired) electrons. The number of fused-ring (bicyclic) bond motifs is 6. The molecule has 4 N–H and O–H groups in total. The van der Waals surface area contributed by atoms with E-state index in [1.807, 2.05) is 109 Å². The van der Waals surface area contributed by atoms with E-state index in [0.717, 1.165) is 90.7 Å². The van der Waals surface area contributed by atoms with Gasteiger partial charge in [0.2, 0.25) is 0 Å². The van der Waals surface area contributed by atoms with E-state index in [0.29, 0.717) is 107 Å². The number of nitrogens with one attached hydrogen (secondary N) is 2. The van der Waals surface area contributed by atoms with Gasteiger partial charge >= 0.3 is 18.2 Å². The van der Waals surface area contributed by atoms with Gasteiger partial charge in [-0.1, -0.05) is 83.4 Å². The van der Waals surface area contributed by atoms with Gasteiger partial charge in [0.15, 0.2) is 0 Å². The van der Waals surface area contributed by atoms with Crippen molar-refractivity contribution in [2.24, 2.45) is 7.05 Å². The van der Waals surface area contributed by atoms with Crippen LogP contribution in [0.1, 0.15) is 157 Å². The normalized spacial score (nSPS) is 17.4. The smallest absolute Gasteiger partial charge is 0.410 e. The highest BCUT2D eigenvalue weighted by molar-refractivity contribution is 9.10. The first-order valence-corrected chi connectivity index (χ1v) is 40.9. The van der Waals surface area contributed by atoms with Gasteiger partial charge in [-0.2, -0.15) is 10.5 Å². The lowest BCUT2D eigenvalue weighted by molar-refractivity contribution is 0.0117. The maximum absolute atomic E-state index is 13.1. The van der Waals surface area contributed by atoms with Crippen molar-refractivity contribution >= 4 is 80.4 Å². The Bertz CT molecular complexity index is 5760. The van der Waals surface area contributed by atoms with E-state index >= 15 is 0 Å². The van der Waals surface area contributed by atoms with E-state index in [2.05, 4.69) is 179 Å². The molecule has 606 valence electrons. The summed E-state index contributed by atoms with van der Waals surface area (Å²) in [5, 5.41) is 45.4. The summed E-state index contributed by atoms with van der Waals surface area (Å²) in [7, 11) is 1.88. The van der Waals surface area contributed by atoms with Crippen molar-refractivity contribution in [2.75, 3.05) is 89.2 Å². The summed E-state index contributed by atoms with van der Waals surface area (Å²) in [6.45, 7) is 22.9. The van der Waals surface area contributed by atoms with E-state index in [4.69, 9.17) is 30.2 Å². The molecule has 5 aromatic carbocycles. The Morgan fingerprint density at radius 1 is 0.538 bits per heavy atom. The SMILES string of the molecule is Cc1ccc2c(c1)C(C(O)c1cncn1C)=Cc1cccnc1[C@H]2N1CCN(C(=O)Nc2ccc(C#N)cc2)CC1.Cc1ccc2c(c1)C(Cn1ccnc1C)=Cc1cc(Br)cnc1C2N1CCN(C(=O)Nc2ccc(C#N)cc2)CC1.Cc1ccc2c(c1)C(Cn1ccnc1CO)=Cc1cccnc1C2N1CCN(C(=O)OC(C)(C)C)CC1. The van der Waals surface area contributed by atoms with Crippen LogP contribution in [0, 0.1) is 50.4 Å². The van der Waals surface area contributed by atoms with Crippen LogP contribution < -0.4 is 10.6 Å². The van der Waals surface area contributed by atoms with Gasteiger partial charge in [0.25, 0.3) is 0 Å². The van der Waals surface area contributed by atoms with Gasteiger partial charge in [0.05, 0.1) is 76.7 Å². The van der Waals surface area contributed by atoms with E-state index in [1.165, 1.54) is 39.0 Å². The number of nitrogens with zero attached hydrogens (tertiary/aromatic N) is 17. The average Bonchev–Trinajstić information content (AvgIpc) is 1.67. The second-order valence-corrected chi connectivity index (χ2v) is 32.8. The van der Waals surface area contributed by atoms with Crippen molar-refractivity contribution in [3.05, 3.63) is 306 Å².